The molecule has 2 aliphatic heterocycles. The molecule has 1 amide bonds. The Morgan fingerprint density at radius 3 is 2.91 bits per heavy atom. The van der Waals surface area contributed by atoms with Crippen LogP contribution in [0.1, 0.15) is 64.0 Å². The maximum atomic E-state index is 12.9. The van der Waals surface area contributed by atoms with Gasteiger partial charge in [0.05, 0.1) is 18.7 Å². The molecule has 0 radical (unpaired) electrons. The van der Waals surface area contributed by atoms with Crippen LogP contribution in [0.2, 0.25) is 5.82 Å². The van der Waals surface area contributed by atoms with E-state index in [1.165, 1.54) is 17.5 Å². The topological polar surface area (TPSA) is 101 Å². The lowest BCUT2D eigenvalue weighted by Crippen LogP contribution is -2.65. The van der Waals surface area contributed by atoms with Crippen LogP contribution in [-0.4, -0.2) is 37.8 Å². The highest BCUT2D eigenvalue weighted by molar-refractivity contribution is 6.47. The maximum absolute atomic E-state index is 12.9. The summed E-state index contributed by atoms with van der Waals surface area (Å²) in [7, 11) is -0.322. The number of rotatable bonds is 6. The second-order valence-corrected chi connectivity index (χ2v) is 11.3. The fraction of sp³-hybridized carbons (Fsp3) is 0.720. The summed E-state index contributed by atoms with van der Waals surface area (Å²) in [5.41, 5.74) is 12.5. The van der Waals surface area contributed by atoms with Gasteiger partial charge >= 0.3 is 7.12 Å². The lowest BCUT2D eigenvalue weighted by Gasteiger charge is -2.65. The minimum Gasteiger partial charge on any atom is -0.405 e. The second kappa shape index (κ2) is 8.12. The molecule has 3 aliphatic carbocycles. The summed E-state index contributed by atoms with van der Waals surface area (Å²) in [6.07, 6.45) is 5.72. The first-order valence-corrected chi connectivity index (χ1v) is 12.5. The molecule has 7 heteroatoms. The number of fused-ring (bicyclic) bond motifs is 3. The van der Waals surface area contributed by atoms with E-state index >= 15 is 0 Å². The molecular formula is C25H39BN3O3+. The Hall–Kier alpha value is -1.41. The van der Waals surface area contributed by atoms with Gasteiger partial charge < -0.3 is 26.1 Å². The minimum atomic E-state index is -0.486. The summed E-state index contributed by atoms with van der Waals surface area (Å²) >= 11 is 0. The molecule has 174 valence electrons. The van der Waals surface area contributed by atoms with Crippen LogP contribution in [0.4, 0.5) is 0 Å². The fourth-order valence-corrected chi connectivity index (χ4v) is 6.90. The molecule has 4 fully saturated rings. The third kappa shape index (κ3) is 3.35. The lowest BCUT2D eigenvalue weighted by atomic mass is 9.42. The van der Waals surface area contributed by atoms with Gasteiger partial charge in [-0.2, -0.15) is 0 Å². The van der Waals surface area contributed by atoms with Crippen LogP contribution >= 0.6 is 0 Å². The average Bonchev–Trinajstić information content (AvgIpc) is 3.19. The molecule has 1 aromatic carbocycles. The van der Waals surface area contributed by atoms with E-state index < -0.39 is 6.04 Å². The van der Waals surface area contributed by atoms with E-state index in [2.05, 4.69) is 56.1 Å². The summed E-state index contributed by atoms with van der Waals surface area (Å²) in [5, 5.41) is 3.26. The van der Waals surface area contributed by atoms with Crippen LogP contribution < -0.4 is 16.8 Å². The number of carbonyl (C=O) groups is 1. The van der Waals surface area contributed by atoms with Crippen LogP contribution in [0.25, 0.3) is 0 Å². The quantitative estimate of drug-likeness (QED) is 0.465. The van der Waals surface area contributed by atoms with Gasteiger partial charge in [-0.3, -0.25) is 4.79 Å². The summed E-state index contributed by atoms with van der Waals surface area (Å²) in [6, 6.07) is 8.27. The molecule has 6 nitrogen and oxygen atoms in total. The molecule has 6 N–H and O–H groups in total. The van der Waals surface area contributed by atoms with Crippen LogP contribution in [-0.2, 0) is 26.1 Å². The Balaban J connectivity index is 1.42. The molecule has 2 heterocycles. The molecule has 6 rings (SSSR count). The molecular weight excluding hydrogens is 401 g/mol. The van der Waals surface area contributed by atoms with E-state index in [1.807, 2.05) is 0 Å². The lowest BCUT2D eigenvalue weighted by molar-refractivity contribution is -0.368. The van der Waals surface area contributed by atoms with Gasteiger partial charge in [0, 0.05) is 11.9 Å². The standard InChI is InChI=1S/C25H38BN3O3/c1-15-20(29-23(30)19(28)9-4-5-10-27)12-16-7-6-8-17(11-16)25-21-13-18(24(21,2)3)14-22(25)31-26(15)32-25/h6-8,11,15,18-22H,4-5,9-10,12-14,27-28H2,1-3H3,(H,29,30)/p+1/t15?,18?,19?,20?,21?,22?,25-/m1/s1. The van der Waals surface area contributed by atoms with Crippen LogP contribution in [0.15, 0.2) is 24.3 Å². The van der Waals surface area contributed by atoms with Gasteiger partial charge in [0.2, 0.25) is 5.91 Å². The summed E-state index contributed by atoms with van der Waals surface area (Å²) in [4.78, 5) is 12.9. The Bertz CT molecular complexity index is 880. The molecule has 1 aromatic rings. The molecule has 6 unspecified atom stereocenters. The van der Waals surface area contributed by atoms with Gasteiger partial charge in [-0.25, -0.2) is 0 Å². The zero-order chi connectivity index (χ0) is 22.7. The number of hydrogen-bond acceptors (Lipinski definition) is 4. The molecule has 6 bridgehead atoms. The zero-order valence-corrected chi connectivity index (χ0v) is 19.8. The second-order valence-electron chi connectivity index (χ2n) is 11.3. The van der Waals surface area contributed by atoms with Crippen molar-refractivity contribution >= 4 is 13.0 Å². The van der Waals surface area contributed by atoms with Crippen molar-refractivity contribution in [3.8, 4) is 0 Å². The number of nitrogens with two attached hydrogens (primary N) is 1. The third-order valence-electron chi connectivity index (χ3n) is 9.15. The third-order valence-corrected chi connectivity index (χ3v) is 9.15. The monoisotopic (exact) mass is 440 g/mol. The van der Waals surface area contributed by atoms with Crippen molar-refractivity contribution in [2.24, 2.45) is 23.0 Å². The van der Waals surface area contributed by atoms with E-state index in [1.54, 1.807) is 0 Å². The first-order chi connectivity index (χ1) is 15.3. The summed E-state index contributed by atoms with van der Waals surface area (Å²) < 4.78 is 13.6. The predicted octanol–water partition coefficient (Wildman–Crippen LogP) is 2.02. The van der Waals surface area contributed by atoms with Crippen molar-refractivity contribution in [3.05, 3.63) is 35.4 Å². The van der Waals surface area contributed by atoms with Crippen molar-refractivity contribution in [3.63, 3.8) is 0 Å². The highest BCUT2D eigenvalue weighted by Crippen LogP contribution is 2.69. The SMILES string of the molecule is CC1B2OC3CC4CC(C4(C)C)[C@]3(O2)c2cccc(c2)CC1NC(=O)C(N)CCCC[NH3+]. The predicted molar refractivity (Wildman–Crippen MR) is 124 cm³/mol. The van der Waals surface area contributed by atoms with Gasteiger partial charge in [0.25, 0.3) is 0 Å². The molecule has 0 aromatic heterocycles. The van der Waals surface area contributed by atoms with Crippen molar-refractivity contribution in [2.75, 3.05) is 6.54 Å². The van der Waals surface area contributed by atoms with Crippen LogP contribution in [0, 0.1) is 17.3 Å². The first-order valence-electron chi connectivity index (χ1n) is 12.5. The van der Waals surface area contributed by atoms with Gasteiger partial charge in [-0.1, -0.05) is 45.0 Å². The molecule has 32 heavy (non-hydrogen) atoms. The Kier molecular flexibility index (Phi) is 5.68. The zero-order valence-electron chi connectivity index (χ0n) is 19.8. The molecule has 7 atom stereocenters. The Morgan fingerprint density at radius 2 is 2.16 bits per heavy atom. The molecule has 3 saturated carbocycles. The van der Waals surface area contributed by atoms with E-state index in [9.17, 15) is 4.79 Å². The summed E-state index contributed by atoms with van der Waals surface area (Å²) in [5.74, 6) is 1.11. The molecule has 5 aliphatic rings. The fourth-order valence-electron chi connectivity index (χ4n) is 6.90. The Morgan fingerprint density at radius 1 is 1.34 bits per heavy atom. The highest BCUT2D eigenvalue weighted by atomic mass is 16.7. The molecule has 1 saturated heterocycles. The van der Waals surface area contributed by atoms with Gasteiger partial charge in [-0.15, -0.1) is 0 Å². The number of hydrogen-bond donors (Lipinski definition) is 3. The normalized spacial score (nSPS) is 37.4. The van der Waals surface area contributed by atoms with Crippen molar-refractivity contribution in [2.45, 2.75) is 88.9 Å². The van der Waals surface area contributed by atoms with Gasteiger partial charge in [-0.05, 0) is 66.9 Å². The maximum Gasteiger partial charge on any atom is 0.463 e. The largest absolute Gasteiger partial charge is 0.463 e. The van der Waals surface area contributed by atoms with E-state index in [4.69, 9.17) is 15.0 Å². The molecule has 1 spiro atoms. The van der Waals surface area contributed by atoms with Gasteiger partial charge in [0.1, 0.15) is 5.60 Å². The van der Waals surface area contributed by atoms with Crippen LogP contribution in [0.5, 0.6) is 0 Å². The van der Waals surface area contributed by atoms with E-state index in [-0.39, 0.29) is 42.0 Å². The van der Waals surface area contributed by atoms with Crippen molar-refractivity contribution in [1.82, 2.24) is 5.32 Å². The van der Waals surface area contributed by atoms with Crippen molar-refractivity contribution in [1.29, 1.82) is 0 Å². The smallest absolute Gasteiger partial charge is 0.405 e. The van der Waals surface area contributed by atoms with E-state index in [0.29, 0.717) is 18.3 Å². The van der Waals surface area contributed by atoms with Crippen LogP contribution in [0.3, 0.4) is 0 Å². The number of quaternary nitrogens is 1. The number of carbonyl (C=O) groups excluding carboxylic acids is 1. The van der Waals surface area contributed by atoms with Crippen molar-refractivity contribution < 1.29 is 19.8 Å². The van der Waals surface area contributed by atoms with Gasteiger partial charge in [0.15, 0.2) is 0 Å². The number of benzene rings is 1. The first kappa shape index (κ1) is 22.4. The highest BCUT2D eigenvalue weighted by Gasteiger charge is 2.71. The number of amides is 1. The average molecular weight is 440 g/mol. The summed E-state index contributed by atoms with van der Waals surface area (Å²) in [6.45, 7) is 7.82. The minimum absolute atomic E-state index is 0.0306. The number of nitrogens with one attached hydrogen (secondary N) is 1. The van der Waals surface area contributed by atoms with E-state index in [0.717, 1.165) is 32.2 Å². The number of unbranched alkanes of at least 4 members (excludes halogenated alkanes) is 1. The Labute approximate surface area is 192 Å².